The van der Waals surface area contributed by atoms with Crippen LogP contribution in [0.5, 0.6) is 0 Å². The summed E-state index contributed by atoms with van der Waals surface area (Å²) >= 11 is -1.95. The molecule has 0 bridgehead atoms. The van der Waals surface area contributed by atoms with Gasteiger partial charge in [0.2, 0.25) is 0 Å². The monoisotopic (exact) mass is 459 g/mol. The smallest absolute Gasteiger partial charge is 0.0270 e. The molecule has 0 aromatic carbocycles. The van der Waals surface area contributed by atoms with Crippen LogP contribution in [0.15, 0.2) is 52.5 Å². The van der Waals surface area contributed by atoms with Gasteiger partial charge in [0, 0.05) is 24.8 Å². The second kappa shape index (κ2) is 12.2. The molecule has 0 amide bonds. The molecular formula is C22H35Cl2N3Ti. The quantitative estimate of drug-likeness (QED) is 0.379. The minimum absolute atomic E-state index is 0.0428. The van der Waals surface area contributed by atoms with Crippen molar-refractivity contribution >= 4 is 18.6 Å². The van der Waals surface area contributed by atoms with Crippen LogP contribution in [0.25, 0.3) is 0 Å². The van der Waals surface area contributed by atoms with Crippen LogP contribution in [-0.2, 0) is 26.4 Å². The van der Waals surface area contributed by atoms with Gasteiger partial charge in [0.25, 0.3) is 0 Å². The van der Waals surface area contributed by atoms with Crippen molar-refractivity contribution in [3.8, 4) is 0 Å². The number of hydrogen-bond acceptors (Lipinski definition) is 3. The molecule has 0 radical (unpaired) electrons. The fraction of sp³-hybridized carbons (Fsp3) is 0.545. The second-order valence-corrected chi connectivity index (χ2v) is 14.3. The number of rotatable bonds is 0. The summed E-state index contributed by atoms with van der Waals surface area (Å²) in [6, 6.07) is 8.22. The normalized spacial score (nSPS) is 11.4. The maximum Gasteiger partial charge on any atom is 0.0270 e. The first-order chi connectivity index (χ1) is 12.6. The Morgan fingerprint density at radius 2 is 0.929 bits per heavy atom. The van der Waals surface area contributed by atoms with E-state index in [-0.39, 0.29) is 16.4 Å². The molecule has 2 rings (SSSR count). The molecule has 0 atom stereocenters. The fourth-order valence-electron chi connectivity index (χ4n) is 1.96. The number of aromatic nitrogens is 2. The standard InChI is InChI=1S/2C9H13N.C4H9N.2ClH.Ti/c2*1-9(2,3)8-4-6-10-7-5-8;1-4(2,3)5;;;/h2*4-7H,1-3H3;1-3H3;2*1H;/q;;;;;+2/p-2. The maximum atomic E-state index is 5.53. The van der Waals surface area contributed by atoms with E-state index in [9.17, 15) is 0 Å². The zero-order valence-corrected chi connectivity index (χ0v) is 21.8. The van der Waals surface area contributed by atoms with Gasteiger partial charge >= 0.3 is 63.9 Å². The summed E-state index contributed by atoms with van der Waals surface area (Å²) in [4.78, 5) is 7.92. The van der Waals surface area contributed by atoms with Crippen molar-refractivity contribution in [3.63, 3.8) is 0 Å². The second-order valence-electron chi connectivity index (χ2n) is 9.49. The Hall–Kier alpha value is -0.606. The van der Waals surface area contributed by atoms with Gasteiger partial charge in [-0.25, -0.2) is 0 Å². The molecule has 0 N–H and O–H groups in total. The summed E-state index contributed by atoms with van der Waals surface area (Å²) in [7, 11) is 11.1. The molecule has 0 saturated heterocycles. The Labute approximate surface area is 185 Å². The van der Waals surface area contributed by atoms with Gasteiger partial charge in [0.15, 0.2) is 0 Å². The van der Waals surface area contributed by atoms with Gasteiger partial charge in [0.05, 0.1) is 0 Å². The van der Waals surface area contributed by atoms with Crippen LogP contribution in [0.4, 0.5) is 0 Å². The topological polar surface area (TPSA) is 38.1 Å². The van der Waals surface area contributed by atoms with Gasteiger partial charge in [0.1, 0.15) is 0 Å². The molecule has 2 aromatic rings. The first kappa shape index (κ1) is 27.4. The Bertz CT molecular complexity index is 645. The fourth-order valence-corrected chi connectivity index (χ4v) is 4.84. The summed E-state index contributed by atoms with van der Waals surface area (Å²) in [5.41, 5.74) is 3.13. The largest absolute Gasteiger partial charge is 0.265 e. The molecule has 2 aromatic heterocycles. The first-order valence-electron chi connectivity index (χ1n) is 9.35. The van der Waals surface area contributed by atoms with E-state index in [2.05, 4.69) is 79.2 Å². The van der Waals surface area contributed by atoms with E-state index < -0.39 is 15.6 Å². The van der Waals surface area contributed by atoms with E-state index in [4.69, 9.17) is 18.6 Å². The van der Waals surface area contributed by atoms with Gasteiger partial charge in [-0.1, -0.05) is 41.5 Å². The number of hydrogen-bond donors (Lipinski definition) is 0. The van der Waals surface area contributed by atoms with Crippen molar-refractivity contribution in [2.75, 3.05) is 0 Å². The third kappa shape index (κ3) is 14.4. The maximum absolute atomic E-state index is 5.53. The summed E-state index contributed by atoms with van der Waals surface area (Å²) < 4.78 is 4.11. The molecule has 0 aliphatic carbocycles. The van der Waals surface area contributed by atoms with E-state index in [0.29, 0.717) is 0 Å². The average molecular weight is 460 g/mol. The van der Waals surface area contributed by atoms with E-state index in [1.165, 1.54) is 11.1 Å². The van der Waals surface area contributed by atoms with Crippen LogP contribution in [0, 0.1) is 0 Å². The number of nitrogens with zero attached hydrogens (tertiary/aromatic N) is 3. The molecule has 0 unspecified atom stereocenters. The first-order valence-corrected chi connectivity index (χ1v) is 14.3. The summed E-state index contributed by atoms with van der Waals surface area (Å²) in [5.74, 6) is 0. The molecular weight excluding hydrogens is 425 g/mol. The molecule has 0 fully saturated rings. The van der Waals surface area contributed by atoms with Crippen LogP contribution in [0.3, 0.4) is 0 Å². The predicted octanol–water partition coefficient (Wildman–Crippen LogP) is 7.65. The van der Waals surface area contributed by atoms with E-state index >= 15 is 0 Å². The number of pyridine rings is 2. The molecule has 0 spiro atoms. The van der Waals surface area contributed by atoms with E-state index in [1.54, 1.807) is 0 Å². The van der Waals surface area contributed by atoms with Gasteiger partial charge in [-0.2, -0.15) is 0 Å². The van der Waals surface area contributed by atoms with Crippen molar-refractivity contribution in [2.45, 2.75) is 78.7 Å². The van der Waals surface area contributed by atoms with Crippen LogP contribution in [0.2, 0.25) is 0 Å². The molecule has 0 aliphatic rings. The zero-order valence-electron chi connectivity index (χ0n) is 18.7. The van der Waals surface area contributed by atoms with Crippen molar-refractivity contribution in [3.05, 3.63) is 60.2 Å². The third-order valence-electron chi connectivity index (χ3n) is 3.51. The molecule has 0 aliphatic heterocycles. The molecule has 6 heteroatoms. The summed E-state index contributed by atoms with van der Waals surface area (Å²) in [6.07, 6.45) is 7.34. The van der Waals surface area contributed by atoms with Crippen LogP contribution >= 0.6 is 18.6 Å². The summed E-state index contributed by atoms with van der Waals surface area (Å²) in [6.45, 7) is 19.2. The van der Waals surface area contributed by atoms with E-state index in [0.717, 1.165) is 0 Å². The minimum Gasteiger partial charge on any atom is -0.265 e. The Balaban J connectivity index is 0.000000394. The molecule has 3 nitrogen and oxygen atoms in total. The third-order valence-corrected chi connectivity index (χ3v) is 5.52. The SMILES string of the molecule is CC(C)(C)[N]=[Ti]([Cl])[Cl].CC(C)(C)c1ccncc1.CC(C)(C)c1ccncc1. The van der Waals surface area contributed by atoms with Gasteiger partial charge in [-0.3, -0.25) is 9.97 Å². The Morgan fingerprint density at radius 1 is 0.643 bits per heavy atom. The van der Waals surface area contributed by atoms with Crippen molar-refractivity contribution in [1.29, 1.82) is 0 Å². The Morgan fingerprint density at radius 3 is 1.04 bits per heavy atom. The van der Waals surface area contributed by atoms with Gasteiger partial charge in [-0.15, -0.1) is 0 Å². The molecule has 2 heterocycles. The Kier molecular flexibility index (Phi) is 11.9. The van der Waals surface area contributed by atoms with Crippen LogP contribution in [-0.4, -0.2) is 15.5 Å². The van der Waals surface area contributed by atoms with Crippen molar-refractivity contribution in [1.82, 2.24) is 9.97 Å². The van der Waals surface area contributed by atoms with Gasteiger partial charge in [-0.05, 0) is 46.2 Å². The minimum atomic E-state index is -1.95. The summed E-state index contributed by atoms with van der Waals surface area (Å²) in [5, 5.41) is 0. The van der Waals surface area contributed by atoms with Crippen molar-refractivity contribution < 1.29 is 15.6 Å². The van der Waals surface area contributed by atoms with Crippen molar-refractivity contribution in [2.24, 2.45) is 3.42 Å². The predicted molar refractivity (Wildman–Crippen MR) is 120 cm³/mol. The number of halogens is 2. The van der Waals surface area contributed by atoms with Gasteiger partial charge < -0.3 is 0 Å². The zero-order chi connectivity index (χ0) is 22.0. The average Bonchev–Trinajstić information content (AvgIpc) is 2.54. The van der Waals surface area contributed by atoms with Crippen LogP contribution in [0.1, 0.15) is 73.4 Å². The molecule has 28 heavy (non-hydrogen) atoms. The molecule has 156 valence electrons. The molecule has 0 saturated carbocycles. The van der Waals surface area contributed by atoms with Crippen LogP contribution < -0.4 is 0 Å². The van der Waals surface area contributed by atoms with E-state index in [1.807, 2.05) is 45.6 Å².